The lowest BCUT2D eigenvalue weighted by Crippen LogP contribution is -2.25. The number of hydrogen-bond donors (Lipinski definition) is 0. The number of halogens is 2. The smallest absolute Gasteiger partial charge is 0.337 e. The van der Waals surface area contributed by atoms with Gasteiger partial charge in [0.1, 0.15) is 0 Å². The lowest BCUT2D eigenvalue weighted by atomic mass is 9.87. The van der Waals surface area contributed by atoms with E-state index < -0.39 is 0 Å². The van der Waals surface area contributed by atoms with Crippen molar-refractivity contribution in [1.82, 2.24) is 0 Å². The Morgan fingerprint density at radius 2 is 1.58 bits per heavy atom. The van der Waals surface area contributed by atoms with Gasteiger partial charge in [-0.3, -0.25) is 4.79 Å². The van der Waals surface area contributed by atoms with Gasteiger partial charge in [-0.15, -0.1) is 0 Å². The molecule has 1 aromatic carbocycles. The number of unbranched alkanes of at least 4 members (excludes halogenated alkanes) is 1. The molecule has 0 spiro atoms. The highest BCUT2D eigenvalue weighted by molar-refractivity contribution is 9.09. The number of hydrogen-bond acceptors (Lipinski definition) is 4. The molecule has 0 saturated heterocycles. The highest BCUT2D eigenvalue weighted by atomic mass is 79.9. The minimum absolute atomic E-state index is 0.114. The van der Waals surface area contributed by atoms with Crippen molar-refractivity contribution in [3.63, 3.8) is 0 Å². The van der Waals surface area contributed by atoms with Crippen molar-refractivity contribution in [2.75, 3.05) is 19.5 Å². The maximum Gasteiger partial charge on any atom is 0.337 e. The number of carbonyl (C=O) groups is 2. The molecular weight excluding hydrogens is 440 g/mol. The zero-order valence-electron chi connectivity index (χ0n) is 14.7. The summed E-state index contributed by atoms with van der Waals surface area (Å²) < 4.78 is 9.25. The summed E-state index contributed by atoms with van der Waals surface area (Å²) in [6, 6.07) is 7.28. The molecule has 0 atom stereocenters. The Kier molecular flexibility index (Phi) is 12.0. The third-order valence-corrected chi connectivity index (χ3v) is 4.66. The first-order chi connectivity index (χ1) is 11.3. The molecule has 0 aromatic heterocycles. The first kappa shape index (κ1) is 23.1. The average Bonchev–Trinajstić information content (AvgIpc) is 2.61. The number of benzene rings is 1. The van der Waals surface area contributed by atoms with Gasteiger partial charge in [-0.1, -0.05) is 50.4 Å². The summed E-state index contributed by atoms with van der Waals surface area (Å²) in [5.74, 6) is -0.409. The molecule has 6 heteroatoms. The molecule has 0 heterocycles. The van der Waals surface area contributed by atoms with Crippen molar-refractivity contribution >= 4 is 43.8 Å². The van der Waals surface area contributed by atoms with E-state index in [4.69, 9.17) is 4.74 Å². The molecule has 0 bridgehead atoms. The van der Waals surface area contributed by atoms with E-state index in [1.807, 2.05) is 26.0 Å². The molecule has 0 radical (unpaired) electrons. The van der Waals surface area contributed by atoms with Crippen LogP contribution in [-0.2, 0) is 19.6 Å². The van der Waals surface area contributed by atoms with Gasteiger partial charge in [0.2, 0.25) is 0 Å². The highest BCUT2D eigenvalue weighted by Gasteiger charge is 2.27. The fourth-order valence-corrected chi connectivity index (χ4v) is 2.66. The Hall–Kier alpha value is -0.880. The largest absolute Gasteiger partial charge is 0.469 e. The van der Waals surface area contributed by atoms with E-state index in [1.165, 1.54) is 14.2 Å². The molecule has 136 valence electrons. The molecular formula is C18H26Br2O4. The van der Waals surface area contributed by atoms with Gasteiger partial charge in [0.15, 0.2) is 0 Å². The minimum Gasteiger partial charge on any atom is -0.469 e. The fourth-order valence-electron chi connectivity index (χ4n) is 1.89. The van der Waals surface area contributed by atoms with Crippen LogP contribution in [0.15, 0.2) is 24.3 Å². The van der Waals surface area contributed by atoms with Crippen LogP contribution < -0.4 is 0 Å². The van der Waals surface area contributed by atoms with E-state index in [2.05, 4.69) is 36.6 Å². The lowest BCUT2D eigenvalue weighted by molar-refractivity contribution is -0.151. The monoisotopic (exact) mass is 464 g/mol. The second-order valence-corrected chi connectivity index (χ2v) is 7.20. The molecule has 0 N–H and O–H groups in total. The van der Waals surface area contributed by atoms with Crippen LogP contribution >= 0.6 is 31.9 Å². The Balaban J connectivity index is 0.000000441. The number of rotatable bonds is 7. The number of carbonyl (C=O) groups excluding carboxylic acids is 2. The van der Waals surface area contributed by atoms with Crippen LogP contribution in [0.4, 0.5) is 0 Å². The maximum atomic E-state index is 11.2. The Morgan fingerprint density at radius 1 is 1.00 bits per heavy atom. The average molecular weight is 466 g/mol. The maximum absolute atomic E-state index is 11.2. The van der Waals surface area contributed by atoms with E-state index in [9.17, 15) is 9.59 Å². The Labute approximate surface area is 161 Å². The van der Waals surface area contributed by atoms with Gasteiger partial charge in [0.05, 0.1) is 25.2 Å². The van der Waals surface area contributed by atoms with Crippen LogP contribution in [0.25, 0.3) is 0 Å². The predicted molar refractivity (Wildman–Crippen MR) is 104 cm³/mol. The zero-order valence-corrected chi connectivity index (χ0v) is 17.9. The summed E-state index contributed by atoms with van der Waals surface area (Å²) >= 11 is 6.67. The molecule has 4 nitrogen and oxygen atoms in total. The molecule has 0 aliphatic heterocycles. The predicted octanol–water partition coefficient (Wildman–Crippen LogP) is 5.12. The standard InChI is InChI=1S/C9H9BrO2.C9H17BrO2/c1-12-9(11)8-4-2-7(6-10)3-5-8;1-9(2,8(11)12-3)6-4-5-7-10/h2-5H,6H2,1H3;4-7H2,1-3H3. The van der Waals surface area contributed by atoms with Crippen molar-refractivity contribution in [3.05, 3.63) is 35.4 Å². The second-order valence-electron chi connectivity index (χ2n) is 5.84. The van der Waals surface area contributed by atoms with Crippen molar-refractivity contribution in [2.24, 2.45) is 5.41 Å². The van der Waals surface area contributed by atoms with Gasteiger partial charge < -0.3 is 9.47 Å². The summed E-state index contributed by atoms with van der Waals surface area (Å²) in [5.41, 5.74) is 1.40. The summed E-state index contributed by atoms with van der Waals surface area (Å²) in [6.07, 6.45) is 3.07. The summed E-state index contributed by atoms with van der Waals surface area (Å²) in [4.78, 5) is 22.2. The summed E-state index contributed by atoms with van der Waals surface area (Å²) in [6.45, 7) is 3.85. The van der Waals surface area contributed by atoms with E-state index in [0.717, 1.165) is 35.5 Å². The topological polar surface area (TPSA) is 52.6 Å². The SMILES string of the molecule is COC(=O)C(C)(C)CCCCBr.COC(=O)c1ccc(CBr)cc1. The van der Waals surface area contributed by atoms with Crippen LogP contribution in [0, 0.1) is 5.41 Å². The van der Waals surface area contributed by atoms with Gasteiger partial charge in [0, 0.05) is 10.7 Å². The van der Waals surface area contributed by atoms with Gasteiger partial charge in [-0.2, -0.15) is 0 Å². The molecule has 24 heavy (non-hydrogen) atoms. The fraction of sp³-hybridized carbons (Fsp3) is 0.556. The van der Waals surface area contributed by atoms with E-state index >= 15 is 0 Å². The van der Waals surface area contributed by atoms with Crippen LogP contribution in [0.2, 0.25) is 0 Å². The Morgan fingerprint density at radius 3 is 2.00 bits per heavy atom. The van der Waals surface area contributed by atoms with Crippen LogP contribution in [0.1, 0.15) is 49.0 Å². The molecule has 0 unspecified atom stereocenters. The Bertz CT molecular complexity index is 498. The number of ether oxygens (including phenoxy) is 2. The molecule has 0 fully saturated rings. The molecule has 0 saturated carbocycles. The molecule has 0 aliphatic carbocycles. The highest BCUT2D eigenvalue weighted by Crippen LogP contribution is 2.24. The van der Waals surface area contributed by atoms with Crippen LogP contribution in [0.5, 0.6) is 0 Å². The molecule has 1 aromatic rings. The van der Waals surface area contributed by atoms with Crippen molar-refractivity contribution in [3.8, 4) is 0 Å². The van der Waals surface area contributed by atoms with Gasteiger partial charge in [0.25, 0.3) is 0 Å². The normalized spacial score (nSPS) is 10.4. The summed E-state index contributed by atoms with van der Waals surface area (Å²) in [7, 11) is 2.81. The molecule has 0 aliphatic rings. The van der Waals surface area contributed by atoms with Crippen LogP contribution in [-0.4, -0.2) is 31.5 Å². The van der Waals surface area contributed by atoms with Gasteiger partial charge >= 0.3 is 11.9 Å². The first-order valence-electron chi connectivity index (χ1n) is 7.70. The molecule has 0 amide bonds. The van der Waals surface area contributed by atoms with Gasteiger partial charge in [-0.25, -0.2) is 4.79 Å². The quantitative estimate of drug-likeness (QED) is 0.318. The number of alkyl halides is 2. The number of methoxy groups -OCH3 is 2. The minimum atomic E-state index is -0.322. The van der Waals surface area contributed by atoms with Crippen molar-refractivity contribution in [2.45, 2.75) is 38.4 Å². The van der Waals surface area contributed by atoms with E-state index in [0.29, 0.717) is 5.56 Å². The first-order valence-corrected chi connectivity index (χ1v) is 9.94. The van der Waals surface area contributed by atoms with Crippen molar-refractivity contribution < 1.29 is 19.1 Å². The lowest BCUT2D eigenvalue weighted by Gasteiger charge is -2.20. The van der Waals surface area contributed by atoms with E-state index in [-0.39, 0.29) is 17.4 Å². The van der Waals surface area contributed by atoms with Crippen LogP contribution in [0.3, 0.4) is 0 Å². The van der Waals surface area contributed by atoms with Gasteiger partial charge in [-0.05, 0) is 44.4 Å². The molecule has 1 rings (SSSR count). The summed E-state index contributed by atoms with van der Waals surface area (Å²) in [5, 5.41) is 1.80. The third-order valence-electron chi connectivity index (χ3n) is 3.45. The number of esters is 2. The van der Waals surface area contributed by atoms with E-state index in [1.54, 1.807) is 12.1 Å². The zero-order chi connectivity index (χ0) is 18.6. The third kappa shape index (κ3) is 8.83. The second kappa shape index (κ2) is 12.5. The van der Waals surface area contributed by atoms with Crippen molar-refractivity contribution in [1.29, 1.82) is 0 Å².